The van der Waals surface area contributed by atoms with E-state index in [1.54, 1.807) is 6.07 Å². The fraction of sp³-hybridized carbons (Fsp3) is 0.333. The standard InChI is InChI=1S/C21H23N3O3/c25-21(22-12-11-20-23-17-8-2-3-9-18(17)24-20)16-7-1-4-10-19(16)27-14-15-6-5-13-26-15/h1-4,7-10,15H,5-6,11-14H2,(H,22,25)(H,23,24). The van der Waals surface area contributed by atoms with Crippen molar-refractivity contribution in [1.29, 1.82) is 0 Å². The summed E-state index contributed by atoms with van der Waals surface area (Å²) in [5.74, 6) is 1.31. The van der Waals surface area contributed by atoms with Gasteiger partial charge in [0, 0.05) is 19.6 Å². The monoisotopic (exact) mass is 365 g/mol. The van der Waals surface area contributed by atoms with Gasteiger partial charge in [-0.25, -0.2) is 4.98 Å². The van der Waals surface area contributed by atoms with Crippen LogP contribution in [0.3, 0.4) is 0 Å². The Kier molecular flexibility index (Phi) is 5.34. The molecule has 6 nitrogen and oxygen atoms in total. The maximum Gasteiger partial charge on any atom is 0.255 e. The zero-order valence-corrected chi connectivity index (χ0v) is 15.1. The van der Waals surface area contributed by atoms with Gasteiger partial charge in [0.15, 0.2) is 0 Å². The Bertz CT molecular complexity index is 883. The molecule has 1 aliphatic heterocycles. The molecule has 3 aromatic rings. The third-order valence-corrected chi connectivity index (χ3v) is 4.67. The molecule has 1 unspecified atom stereocenters. The number of nitrogens with zero attached hydrogens (tertiary/aromatic N) is 1. The molecular formula is C21H23N3O3. The summed E-state index contributed by atoms with van der Waals surface area (Å²) >= 11 is 0. The molecule has 140 valence electrons. The lowest BCUT2D eigenvalue weighted by Gasteiger charge is -2.14. The van der Waals surface area contributed by atoms with E-state index in [1.165, 1.54) is 0 Å². The van der Waals surface area contributed by atoms with Crippen molar-refractivity contribution < 1.29 is 14.3 Å². The number of para-hydroxylation sites is 3. The van der Waals surface area contributed by atoms with E-state index in [9.17, 15) is 4.79 Å². The van der Waals surface area contributed by atoms with E-state index >= 15 is 0 Å². The van der Waals surface area contributed by atoms with Gasteiger partial charge < -0.3 is 19.8 Å². The number of fused-ring (bicyclic) bond motifs is 1. The highest BCUT2D eigenvalue weighted by molar-refractivity contribution is 5.96. The number of amides is 1. The molecule has 2 N–H and O–H groups in total. The van der Waals surface area contributed by atoms with Crippen LogP contribution in [-0.4, -0.2) is 41.7 Å². The first kappa shape index (κ1) is 17.5. The fourth-order valence-electron chi connectivity index (χ4n) is 3.25. The highest BCUT2D eigenvalue weighted by atomic mass is 16.5. The summed E-state index contributed by atoms with van der Waals surface area (Å²) in [4.78, 5) is 20.4. The molecular weight excluding hydrogens is 342 g/mol. The van der Waals surface area contributed by atoms with Crippen LogP contribution in [0.25, 0.3) is 11.0 Å². The Balaban J connectivity index is 1.33. The first-order valence-electron chi connectivity index (χ1n) is 9.35. The molecule has 1 aromatic heterocycles. The highest BCUT2D eigenvalue weighted by Gasteiger charge is 2.18. The Morgan fingerprint density at radius 2 is 2.07 bits per heavy atom. The topological polar surface area (TPSA) is 76.2 Å². The number of hydrogen-bond acceptors (Lipinski definition) is 4. The van der Waals surface area contributed by atoms with Crippen molar-refractivity contribution >= 4 is 16.9 Å². The number of H-pyrrole nitrogens is 1. The van der Waals surface area contributed by atoms with E-state index < -0.39 is 0 Å². The molecule has 0 bridgehead atoms. The van der Waals surface area contributed by atoms with Crippen LogP contribution in [0.1, 0.15) is 29.0 Å². The second kappa shape index (κ2) is 8.22. The highest BCUT2D eigenvalue weighted by Crippen LogP contribution is 2.20. The summed E-state index contributed by atoms with van der Waals surface area (Å²) < 4.78 is 11.4. The first-order valence-corrected chi connectivity index (χ1v) is 9.35. The van der Waals surface area contributed by atoms with Gasteiger partial charge in [0.25, 0.3) is 5.91 Å². The van der Waals surface area contributed by atoms with E-state index in [2.05, 4.69) is 15.3 Å². The van der Waals surface area contributed by atoms with Gasteiger partial charge in [-0.05, 0) is 37.1 Å². The van der Waals surface area contributed by atoms with Crippen LogP contribution in [0.15, 0.2) is 48.5 Å². The minimum atomic E-state index is -0.144. The van der Waals surface area contributed by atoms with Gasteiger partial charge >= 0.3 is 0 Å². The summed E-state index contributed by atoms with van der Waals surface area (Å²) in [5.41, 5.74) is 2.48. The number of aromatic amines is 1. The summed E-state index contributed by atoms with van der Waals surface area (Å²) in [6, 6.07) is 15.2. The maximum atomic E-state index is 12.6. The maximum absolute atomic E-state index is 12.6. The van der Waals surface area contributed by atoms with Gasteiger partial charge in [-0.2, -0.15) is 0 Å². The lowest BCUT2D eigenvalue weighted by Crippen LogP contribution is -2.27. The molecule has 0 radical (unpaired) electrons. The molecule has 2 aromatic carbocycles. The first-order chi connectivity index (χ1) is 13.3. The number of carbonyl (C=O) groups excluding carboxylic acids is 1. The molecule has 0 saturated carbocycles. The van der Waals surface area contributed by atoms with E-state index in [4.69, 9.17) is 9.47 Å². The number of hydrogen-bond donors (Lipinski definition) is 2. The molecule has 1 aliphatic rings. The number of carbonyl (C=O) groups is 1. The molecule has 1 saturated heterocycles. The van der Waals surface area contributed by atoms with Crippen molar-refractivity contribution in [3.05, 3.63) is 59.9 Å². The predicted molar refractivity (Wildman–Crippen MR) is 103 cm³/mol. The lowest BCUT2D eigenvalue weighted by molar-refractivity contribution is 0.0670. The number of aromatic nitrogens is 2. The summed E-state index contributed by atoms with van der Waals surface area (Å²) in [6.07, 6.45) is 2.83. The molecule has 27 heavy (non-hydrogen) atoms. The van der Waals surface area contributed by atoms with Crippen molar-refractivity contribution in [2.75, 3.05) is 19.8 Å². The van der Waals surface area contributed by atoms with E-state index in [1.807, 2.05) is 42.5 Å². The number of rotatable bonds is 7. The van der Waals surface area contributed by atoms with Gasteiger partial charge in [0.2, 0.25) is 0 Å². The number of benzene rings is 2. The molecule has 1 fully saturated rings. The van der Waals surface area contributed by atoms with Crippen LogP contribution in [0.5, 0.6) is 5.75 Å². The second-order valence-electron chi connectivity index (χ2n) is 6.65. The Morgan fingerprint density at radius 3 is 2.93 bits per heavy atom. The zero-order valence-electron chi connectivity index (χ0n) is 15.1. The van der Waals surface area contributed by atoms with Crippen LogP contribution < -0.4 is 10.1 Å². The van der Waals surface area contributed by atoms with Gasteiger partial charge in [-0.1, -0.05) is 24.3 Å². The van der Waals surface area contributed by atoms with Crippen LogP contribution >= 0.6 is 0 Å². The van der Waals surface area contributed by atoms with Crippen LogP contribution in [0.4, 0.5) is 0 Å². The smallest absolute Gasteiger partial charge is 0.255 e. The average molecular weight is 365 g/mol. The molecule has 4 rings (SSSR count). The van der Waals surface area contributed by atoms with Crippen LogP contribution in [0, 0.1) is 0 Å². The van der Waals surface area contributed by atoms with E-state index in [0.717, 1.165) is 36.3 Å². The predicted octanol–water partition coefficient (Wildman–Crippen LogP) is 3.09. The molecule has 1 amide bonds. The third-order valence-electron chi connectivity index (χ3n) is 4.67. The summed E-state index contributed by atoms with van der Waals surface area (Å²) in [6.45, 7) is 1.76. The third kappa shape index (κ3) is 4.28. The molecule has 1 atom stereocenters. The number of nitrogens with one attached hydrogen (secondary N) is 2. The van der Waals surface area contributed by atoms with Crippen molar-refractivity contribution in [3.8, 4) is 5.75 Å². The SMILES string of the molecule is O=C(NCCc1nc2ccccc2[nH]1)c1ccccc1OCC1CCCO1. The molecule has 6 heteroatoms. The van der Waals surface area contributed by atoms with Crippen molar-refractivity contribution in [3.63, 3.8) is 0 Å². The summed E-state index contributed by atoms with van der Waals surface area (Å²) in [7, 11) is 0. The Labute approximate surface area is 157 Å². The van der Waals surface area contributed by atoms with Crippen LogP contribution in [-0.2, 0) is 11.2 Å². The van der Waals surface area contributed by atoms with Gasteiger partial charge in [-0.3, -0.25) is 4.79 Å². The van der Waals surface area contributed by atoms with Crippen LogP contribution in [0.2, 0.25) is 0 Å². The number of ether oxygens (including phenoxy) is 2. The normalized spacial score (nSPS) is 16.5. The minimum absolute atomic E-state index is 0.120. The summed E-state index contributed by atoms with van der Waals surface area (Å²) in [5, 5.41) is 2.95. The van der Waals surface area contributed by atoms with Gasteiger partial charge in [0.05, 0.1) is 22.7 Å². The Morgan fingerprint density at radius 1 is 1.22 bits per heavy atom. The molecule has 0 aliphatic carbocycles. The average Bonchev–Trinajstić information content (AvgIpc) is 3.35. The van der Waals surface area contributed by atoms with E-state index in [0.29, 0.717) is 30.9 Å². The minimum Gasteiger partial charge on any atom is -0.490 e. The van der Waals surface area contributed by atoms with Gasteiger partial charge in [-0.15, -0.1) is 0 Å². The zero-order chi connectivity index (χ0) is 18.5. The fourth-order valence-corrected chi connectivity index (χ4v) is 3.25. The lowest BCUT2D eigenvalue weighted by atomic mass is 10.2. The van der Waals surface area contributed by atoms with Crippen molar-refractivity contribution in [2.45, 2.75) is 25.4 Å². The Hall–Kier alpha value is -2.86. The number of imidazole rings is 1. The van der Waals surface area contributed by atoms with Gasteiger partial charge in [0.1, 0.15) is 18.2 Å². The second-order valence-corrected chi connectivity index (χ2v) is 6.65. The molecule has 0 spiro atoms. The largest absolute Gasteiger partial charge is 0.490 e. The van der Waals surface area contributed by atoms with Crippen molar-refractivity contribution in [1.82, 2.24) is 15.3 Å². The quantitative estimate of drug-likeness (QED) is 0.675. The van der Waals surface area contributed by atoms with E-state index in [-0.39, 0.29) is 12.0 Å². The molecule has 2 heterocycles. The van der Waals surface area contributed by atoms with Crippen molar-refractivity contribution in [2.24, 2.45) is 0 Å².